The molecule has 3 aliphatic rings. The van der Waals surface area contributed by atoms with Crippen LogP contribution in [0.1, 0.15) is 85.4 Å². The number of nitrogens with two attached hydrogens (primary N) is 1. The molecule has 1 saturated carbocycles. The Morgan fingerprint density at radius 3 is 2.36 bits per heavy atom. The molecule has 5 aromatic rings. The summed E-state index contributed by atoms with van der Waals surface area (Å²) in [5.41, 5.74) is 12.0. The van der Waals surface area contributed by atoms with Gasteiger partial charge in [-0.15, -0.1) is 5.54 Å². The van der Waals surface area contributed by atoms with Gasteiger partial charge in [-0.25, -0.2) is 18.7 Å². The van der Waals surface area contributed by atoms with Crippen LogP contribution in [-0.4, -0.2) is 98.9 Å². The lowest BCUT2D eigenvalue weighted by atomic mass is 9.95. The maximum absolute atomic E-state index is 18.1. The number of hydrogen-bond donors (Lipinski definition) is 1. The molecule has 12 nitrogen and oxygen atoms in total. The van der Waals surface area contributed by atoms with Crippen molar-refractivity contribution in [1.29, 1.82) is 0 Å². The van der Waals surface area contributed by atoms with E-state index in [1.807, 2.05) is 30.9 Å². The minimum absolute atomic E-state index is 0.0284. The van der Waals surface area contributed by atoms with Gasteiger partial charge in [-0.1, -0.05) is 59.6 Å². The summed E-state index contributed by atoms with van der Waals surface area (Å²) in [4.78, 5) is 23.6. The number of anilines is 2. The molecule has 2 atom stereocenters. The number of morpholine rings is 1. The zero-order valence-corrected chi connectivity index (χ0v) is 39.6. The summed E-state index contributed by atoms with van der Waals surface area (Å²) in [6.45, 7) is 21.8. The minimum atomic E-state index is -2.33. The molecule has 15 heteroatoms. The zero-order valence-electron chi connectivity index (χ0n) is 38.6. The van der Waals surface area contributed by atoms with E-state index in [0.29, 0.717) is 71.1 Å². The average Bonchev–Trinajstić information content (AvgIpc) is 4.06. The summed E-state index contributed by atoms with van der Waals surface area (Å²) in [6.07, 6.45) is 3.19. The maximum atomic E-state index is 18.1. The van der Waals surface area contributed by atoms with Crippen molar-refractivity contribution in [3.8, 4) is 40.4 Å². The third-order valence-electron chi connectivity index (χ3n) is 13.6. The first-order valence-corrected chi connectivity index (χ1v) is 24.8. The Kier molecular flexibility index (Phi) is 13.1. The van der Waals surface area contributed by atoms with Gasteiger partial charge in [-0.3, -0.25) is 4.90 Å². The van der Waals surface area contributed by atoms with Crippen molar-refractivity contribution in [3.05, 3.63) is 65.4 Å². The second-order valence-corrected chi connectivity index (χ2v) is 24.3. The number of halogens is 2. The highest BCUT2D eigenvalue weighted by Gasteiger charge is 2.46. The van der Waals surface area contributed by atoms with Gasteiger partial charge in [0.15, 0.2) is 12.6 Å². The Bertz CT molecular complexity index is 2570. The van der Waals surface area contributed by atoms with Crippen molar-refractivity contribution in [2.75, 3.05) is 70.5 Å². The number of benzene rings is 2. The highest BCUT2D eigenvalue weighted by Crippen LogP contribution is 2.48. The predicted molar refractivity (Wildman–Crippen MR) is 250 cm³/mol. The lowest BCUT2D eigenvalue weighted by molar-refractivity contribution is 0.0231. The van der Waals surface area contributed by atoms with Gasteiger partial charge in [0, 0.05) is 54.9 Å². The molecule has 5 heterocycles. The van der Waals surface area contributed by atoms with E-state index in [1.165, 1.54) is 13.2 Å². The fourth-order valence-corrected chi connectivity index (χ4v) is 15.2. The van der Waals surface area contributed by atoms with Crippen LogP contribution in [0, 0.1) is 28.5 Å². The molecule has 2 fully saturated rings. The molecule has 1 saturated heterocycles. The first-order valence-electron chi connectivity index (χ1n) is 22.6. The molecule has 0 bridgehead atoms. The number of nitrogen functional groups attached to an aromatic ring is 1. The second kappa shape index (κ2) is 18.4. The SMILES string of the molecule is COCOc1cc(-c2nc3c4c(nc(OCC5(CN6CCOCC6)CC5)nc4c2F)N(C(C)c2cccnc2N)C[C@H](C)O3)c2c(C#C[Si](C(C)C)(C(C)C)C(C)C)c(F)ccc2c1. The Labute approximate surface area is 376 Å². The summed E-state index contributed by atoms with van der Waals surface area (Å²) >= 11 is 0. The Morgan fingerprint density at radius 2 is 1.69 bits per heavy atom. The number of rotatable bonds is 14. The zero-order chi connectivity index (χ0) is 45.5. The molecule has 0 amide bonds. The fraction of sp³-hybridized carbons (Fsp3) is 0.510. The molecule has 1 aliphatic carbocycles. The first kappa shape index (κ1) is 45.4. The van der Waals surface area contributed by atoms with Crippen LogP contribution in [0.25, 0.3) is 32.9 Å². The first-order chi connectivity index (χ1) is 30.7. The minimum Gasteiger partial charge on any atom is -0.472 e. The lowest BCUT2D eigenvalue weighted by Gasteiger charge is -2.38. The molecule has 340 valence electrons. The third-order valence-corrected chi connectivity index (χ3v) is 19.9. The van der Waals surface area contributed by atoms with Crippen LogP contribution >= 0.6 is 0 Å². The van der Waals surface area contributed by atoms with Crippen molar-refractivity contribution >= 4 is 41.4 Å². The molecule has 8 rings (SSSR count). The number of fused-ring (bicyclic) bond motifs is 1. The number of hydrogen-bond acceptors (Lipinski definition) is 12. The van der Waals surface area contributed by atoms with E-state index in [0.717, 1.165) is 38.0 Å². The van der Waals surface area contributed by atoms with Crippen LogP contribution in [0.15, 0.2) is 42.6 Å². The van der Waals surface area contributed by atoms with Crippen LogP contribution in [0.5, 0.6) is 17.6 Å². The van der Waals surface area contributed by atoms with Gasteiger partial charge in [-0.2, -0.15) is 9.97 Å². The van der Waals surface area contributed by atoms with Crippen molar-refractivity contribution in [2.24, 2.45) is 5.41 Å². The van der Waals surface area contributed by atoms with Gasteiger partial charge in [0.2, 0.25) is 5.88 Å². The Balaban J connectivity index is 1.35. The second-order valence-electron chi connectivity index (χ2n) is 18.7. The van der Waals surface area contributed by atoms with E-state index < -0.39 is 25.8 Å². The van der Waals surface area contributed by atoms with Crippen LogP contribution in [0.2, 0.25) is 16.6 Å². The van der Waals surface area contributed by atoms with E-state index >= 15 is 8.78 Å². The van der Waals surface area contributed by atoms with Gasteiger partial charge in [0.1, 0.15) is 54.0 Å². The molecule has 2 aliphatic heterocycles. The van der Waals surface area contributed by atoms with E-state index in [2.05, 4.69) is 62.9 Å². The number of ether oxygens (including phenoxy) is 5. The quantitative estimate of drug-likeness (QED) is 0.0648. The van der Waals surface area contributed by atoms with E-state index in [9.17, 15) is 0 Å². The molecule has 1 unspecified atom stereocenters. The standard InChI is InChI=1S/C49H61F2N7O5Si/c1-29(2)64(30(3)4,31(5)6)22-14-37-39(50)13-12-34-23-35(62-28-59-9)24-38(40(34)37)43-42(51)44-41-46(56-48(55-44)61-27-49(15-16-49)26-57-18-20-60-21-19-57)58(25-32(7)63-47(41)54-43)33(8)36-11-10-17-53-45(36)52/h10-13,17,23-24,29-33H,15-16,18-21,25-28H2,1-9H3,(H2,52,53)/t32-,33?/m0/s1. The Morgan fingerprint density at radius 1 is 0.953 bits per heavy atom. The van der Waals surface area contributed by atoms with E-state index in [-0.39, 0.29) is 57.9 Å². The number of methoxy groups -OCH3 is 1. The molecule has 0 radical (unpaired) electrons. The average molecular weight is 894 g/mol. The number of nitrogens with zero attached hydrogens (tertiary/aromatic N) is 6. The lowest BCUT2D eigenvalue weighted by Crippen LogP contribution is -2.43. The Hall–Kier alpha value is -5.14. The summed E-state index contributed by atoms with van der Waals surface area (Å²) < 4.78 is 64.6. The predicted octanol–water partition coefficient (Wildman–Crippen LogP) is 9.49. The highest BCUT2D eigenvalue weighted by molar-refractivity contribution is 6.90. The molecular formula is C49H61F2N7O5Si. The van der Waals surface area contributed by atoms with Crippen LogP contribution in [-0.2, 0) is 9.47 Å². The normalized spacial score (nSPS) is 18.0. The van der Waals surface area contributed by atoms with Gasteiger partial charge in [0.25, 0.3) is 0 Å². The molecule has 0 spiro atoms. The molecule has 3 aromatic heterocycles. The summed E-state index contributed by atoms with van der Waals surface area (Å²) in [5.74, 6) is 3.37. The van der Waals surface area contributed by atoms with Crippen LogP contribution in [0.4, 0.5) is 20.4 Å². The largest absolute Gasteiger partial charge is 0.472 e. The molecular weight excluding hydrogens is 833 g/mol. The molecule has 2 N–H and O–H groups in total. The monoisotopic (exact) mass is 893 g/mol. The van der Waals surface area contributed by atoms with E-state index in [1.54, 1.807) is 24.4 Å². The van der Waals surface area contributed by atoms with Gasteiger partial charge >= 0.3 is 6.01 Å². The van der Waals surface area contributed by atoms with Crippen molar-refractivity contribution in [1.82, 2.24) is 24.8 Å². The smallest absolute Gasteiger partial charge is 0.319 e. The van der Waals surface area contributed by atoms with Crippen LogP contribution < -0.4 is 24.8 Å². The highest BCUT2D eigenvalue weighted by atomic mass is 28.3. The summed E-state index contributed by atoms with van der Waals surface area (Å²) in [5, 5.41) is 1.28. The topological polar surface area (TPSA) is 130 Å². The number of aromatic nitrogens is 4. The van der Waals surface area contributed by atoms with Crippen molar-refractivity contribution in [2.45, 2.75) is 97.0 Å². The fourth-order valence-electron chi connectivity index (χ4n) is 10.0. The van der Waals surface area contributed by atoms with E-state index in [4.69, 9.17) is 44.4 Å². The summed E-state index contributed by atoms with van der Waals surface area (Å²) in [6, 6.07) is 9.93. The summed E-state index contributed by atoms with van der Waals surface area (Å²) in [7, 11) is -0.813. The molecule has 64 heavy (non-hydrogen) atoms. The van der Waals surface area contributed by atoms with Gasteiger partial charge < -0.3 is 34.3 Å². The van der Waals surface area contributed by atoms with Crippen molar-refractivity contribution in [3.63, 3.8) is 0 Å². The van der Waals surface area contributed by atoms with Crippen LogP contribution in [0.3, 0.4) is 0 Å². The maximum Gasteiger partial charge on any atom is 0.319 e. The van der Waals surface area contributed by atoms with Gasteiger partial charge in [-0.05, 0) is 73.0 Å². The third kappa shape index (κ3) is 8.69. The number of pyridine rings is 2. The van der Waals surface area contributed by atoms with Crippen molar-refractivity contribution < 1.29 is 32.5 Å². The molecule has 2 aromatic carbocycles. The van der Waals surface area contributed by atoms with Gasteiger partial charge in [0.05, 0.1) is 38.0 Å².